The molecule has 39 heavy (non-hydrogen) atoms. The summed E-state index contributed by atoms with van der Waals surface area (Å²) in [6.07, 6.45) is 20.9. The molecule has 0 N–H and O–H groups in total. The fraction of sp³-hybridized carbons (Fsp3) is 0.629. The maximum Gasteiger partial charge on any atom is 0.343 e. The number of carbonyl (C=O) groups is 1. The van der Waals surface area contributed by atoms with Crippen molar-refractivity contribution in [3.05, 3.63) is 54.1 Å². The lowest BCUT2D eigenvalue weighted by molar-refractivity contribution is 0.0734. The van der Waals surface area contributed by atoms with Crippen molar-refractivity contribution in [2.75, 3.05) is 13.2 Å². The van der Waals surface area contributed by atoms with Gasteiger partial charge < -0.3 is 14.2 Å². The van der Waals surface area contributed by atoms with Crippen LogP contribution in [0.1, 0.15) is 127 Å². The van der Waals surface area contributed by atoms with Gasteiger partial charge in [-0.25, -0.2) is 4.79 Å². The molecule has 2 aromatic carbocycles. The number of ether oxygens (including phenoxy) is 3. The molecule has 0 heterocycles. The molecule has 0 aliphatic heterocycles. The lowest BCUT2D eigenvalue weighted by atomic mass is 9.74. The van der Waals surface area contributed by atoms with Gasteiger partial charge in [-0.1, -0.05) is 97.3 Å². The standard InChI is InChI=1S/C35H52O4/c1-3-5-7-8-9-13-27-37-32-21-19-31(20-22-32)35(36)39-34-25-23-33(24-26-34)38-28-14-18-30-17-12-11-16-29(30)15-10-6-4-2/h19-26,29-30H,3-18,27-28H2,1-2H3. The van der Waals surface area contributed by atoms with E-state index < -0.39 is 0 Å². The van der Waals surface area contributed by atoms with Gasteiger partial charge in [0.15, 0.2) is 0 Å². The van der Waals surface area contributed by atoms with Crippen molar-refractivity contribution in [2.24, 2.45) is 11.8 Å². The lowest BCUT2D eigenvalue weighted by Crippen LogP contribution is -2.20. The normalized spacial score (nSPS) is 17.1. The van der Waals surface area contributed by atoms with E-state index in [1.807, 2.05) is 24.3 Å². The predicted octanol–water partition coefficient (Wildman–Crippen LogP) is 10.2. The number of benzene rings is 2. The van der Waals surface area contributed by atoms with Gasteiger partial charge in [-0.2, -0.15) is 0 Å². The summed E-state index contributed by atoms with van der Waals surface area (Å²) in [7, 11) is 0. The van der Waals surface area contributed by atoms with Gasteiger partial charge in [-0.3, -0.25) is 0 Å². The minimum absolute atomic E-state index is 0.368. The van der Waals surface area contributed by atoms with E-state index in [4.69, 9.17) is 14.2 Å². The molecule has 4 nitrogen and oxygen atoms in total. The zero-order valence-electron chi connectivity index (χ0n) is 24.6. The Bertz CT molecular complexity index is 905. The molecule has 0 bridgehead atoms. The molecule has 4 heteroatoms. The van der Waals surface area contributed by atoms with Crippen molar-refractivity contribution >= 4 is 5.97 Å². The van der Waals surface area contributed by atoms with E-state index in [9.17, 15) is 4.79 Å². The first-order valence-corrected chi connectivity index (χ1v) is 15.9. The molecule has 0 radical (unpaired) electrons. The zero-order valence-corrected chi connectivity index (χ0v) is 24.6. The fourth-order valence-electron chi connectivity index (χ4n) is 5.77. The summed E-state index contributed by atoms with van der Waals surface area (Å²) < 4.78 is 17.4. The van der Waals surface area contributed by atoms with Crippen LogP contribution in [0.25, 0.3) is 0 Å². The highest BCUT2D eigenvalue weighted by Crippen LogP contribution is 2.36. The number of carbonyl (C=O) groups excluding carboxylic acids is 1. The minimum atomic E-state index is -0.368. The summed E-state index contributed by atoms with van der Waals surface area (Å²) in [5, 5.41) is 0. The average Bonchev–Trinajstić information content (AvgIpc) is 2.97. The summed E-state index contributed by atoms with van der Waals surface area (Å²) in [5.74, 6) is 3.57. The molecular weight excluding hydrogens is 484 g/mol. The molecule has 0 aromatic heterocycles. The molecule has 0 saturated heterocycles. The first kappa shape index (κ1) is 31.0. The van der Waals surface area contributed by atoms with Crippen LogP contribution >= 0.6 is 0 Å². The van der Waals surface area contributed by atoms with Crippen LogP contribution in [0.2, 0.25) is 0 Å². The third kappa shape index (κ3) is 12.1. The van der Waals surface area contributed by atoms with Gasteiger partial charge >= 0.3 is 5.97 Å². The molecule has 2 unspecified atom stereocenters. The van der Waals surface area contributed by atoms with E-state index in [1.54, 1.807) is 24.3 Å². The summed E-state index contributed by atoms with van der Waals surface area (Å²) >= 11 is 0. The second-order valence-electron chi connectivity index (χ2n) is 11.3. The van der Waals surface area contributed by atoms with E-state index in [-0.39, 0.29) is 5.97 Å². The van der Waals surface area contributed by atoms with Gasteiger partial charge in [0.25, 0.3) is 0 Å². The van der Waals surface area contributed by atoms with E-state index in [0.29, 0.717) is 17.9 Å². The SMILES string of the molecule is CCCCCCCCOc1ccc(C(=O)Oc2ccc(OCCCC3CCCCC3CCCCC)cc2)cc1. The van der Waals surface area contributed by atoms with Crippen LogP contribution in [-0.2, 0) is 0 Å². The molecule has 2 atom stereocenters. The first-order chi connectivity index (χ1) is 19.2. The largest absolute Gasteiger partial charge is 0.494 e. The fourth-order valence-corrected chi connectivity index (χ4v) is 5.77. The van der Waals surface area contributed by atoms with Crippen molar-refractivity contribution in [2.45, 2.75) is 117 Å². The van der Waals surface area contributed by atoms with Gasteiger partial charge in [-0.05, 0) is 79.6 Å². The van der Waals surface area contributed by atoms with Gasteiger partial charge in [0.05, 0.1) is 18.8 Å². The summed E-state index contributed by atoms with van der Waals surface area (Å²) in [5.41, 5.74) is 0.512. The third-order valence-corrected chi connectivity index (χ3v) is 8.12. The Kier molecular flexibility index (Phi) is 14.9. The highest BCUT2D eigenvalue weighted by Gasteiger charge is 2.24. The van der Waals surface area contributed by atoms with Crippen LogP contribution in [0.5, 0.6) is 17.2 Å². The number of hydrogen-bond donors (Lipinski definition) is 0. The Hall–Kier alpha value is -2.49. The lowest BCUT2D eigenvalue weighted by Gasteiger charge is -2.31. The van der Waals surface area contributed by atoms with Crippen molar-refractivity contribution in [3.63, 3.8) is 0 Å². The number of esters is 1. The highest BCUT2D eigenvalue weighted by atomic mass is 16.5. The number of hydrogen-bond acceptors (Lipinski definition) is 4. The quantitative estimate of drug-likeness (QED) is 0.102. The van der Waals surface area contributed by atoms with Gasteiger partial charge in [0, 0.05) is 0 Å². The van der Waals surface area contributed by atoms with E-state index in [2.05, 4.69) is 13.8 Å². The Labute approximate surface area is 237 Å². The molecule has 1 saturated carbocycles. The van der Waals surface area contributed by atoms with Crippen molar-refractivity contribution in [1.82, 2.24) is 0 Å². The van der Waals surface area contributed by atoms with Gasteiger partial charge in [-0.15, -0.1) is 0 Å². The molecule has 0 amide bonds. The van der Waals surface area contributed by atoms with E-state index in [0.717, 1.165) is 42.8 Å². The Morgan fingerprint density at radius 1 is 0.615 bits per heavy atom. The van der Waals surface area contributed by atoms with Crippen LogP contribution < -0.4 is 14.2 Å². The smallest absolute Gasteiger partial charge is 0.343 e. The zero-order chi connectivity index (χ0) is 27.5. The number of unbranched alkanes of at least 4 members (excludes halogenated alkanes) is 7. The average molecular weight is 537 g/mol. The molecule has 1 aliphatic rings. The van der Waals surface area contributed by atoms with Gasteiger partial charge in [0.2, 0.25) is 0 Å². The van der Waals surface area contributed by atoms with Crippen molar-refractivity contribution in [1.29, 1.82) is 0 Å². The highest BCUT2D eigenvalue weighted by molar-refractivity contribution is 5.91. The molecule has 2 aromatic rings. The maximum absolute atomic E-state index is 12.6. The van der Waals surface area contributed by atoms with Crippen molar-refractivity contribution < 1.29 is 19.0 Å². The van der Waals surface area contributed by atoms with Crippen LogP contribution in [0.4, 0.5) is 0 Å². The van der Waals surface area contributed by atoms with Crippen LogP contribution in [0.15, 0.2) is 48.5 Å². The predicted molar refractivity (Wildman–Crippen MR) is 161 cm³/mol. The van der Waals surface area contributed by atoms with E-state index >= 15 is 0 Å². The Balaban J connectivity index is 1.33. The Morgan fingerprint density at radius 2 is 1.10 bits per heavy atom. The number of rotatable bonds is 19. The molecule has 1 aliphatic carbocycles. The molecule has 3 rings (SSSR count). The molecule has 1 fully saturated rings. The van der Waals surface area contributed by atoms with Crippen LogP contribution in [-0.4, -0.2) is 19.2 Å². The summed E-state index contributed by atoms with van der Waals surface area (Å²) in [4.78, 5) is 12.6. The maximum atomic E-state index is 12.6. The molecule has 216 valence electrons. The second kappa shape index (κ2) is 18.7. The second-order valence-corrected chi connectivity index (χ2v) is 11.3. The summed E-state index contributed by atoms with van der Waals surface area (Å²) in [6.45, 7) is 5.98. The van der Waals surface area contributed by atoms with Crippen molar-refractivity contribution in [3.8, 4) is 17.2 Å². The third-order valence-electron chi connectivity index (χ3n) is 8.12. The molecular formula is C35H52O4. The first-order valence-electron chi connectivity index (χ1n) is 15.9. The topological polar surface area (TPSA) is 44.8 Å². The summed E-state index contributed by atoms with van der Waals surface area (Å²) in [6, 6.07) is 14.6. The van der Waals surface area contributed by atoms with Crippen LogP contribution in [0.3, 0.4) is 0 Å². The minimum Gasteiger partial charge on any atom is -0.494 e. The molecule has 0 spiro atoms. The van der Waals surface area contributed by atoms with Gasteiger partial charge in [0.1, 0.15) is 17.2 Å². The van der Waals surface area contributed by atoms with Crippen LogP contribution in [0, 0.1) is 11.8 Å². The Morgan fingerprint density at radius 3 is 1.74 bits per heavy atom. The van der Waals surface area contributed by atoms with E-state index in [1.165, 1.54) is 89.9 Å². The monoisotopic (exact) mass is 536 g/mol.